The third-order valence-electron chi connectivity index (χ3n) is 3.85. The van der Waals surface area contributed by atoms with E-state index in [-0.39, 0.29) is 5.97 Å². The first kappa shape index (κ1) is 12.9. The summed E-state index contributed by atoms with van der Waals surface area (Å²) in [7, 11) is 0. The van der Waals surface area contributed by atoms with Crippen LogP contribution in [0.4, 0.5) is 0 Å². The van der Waals surface area contributed by atoms with E-state index in [2.05, 4.69) is 16.0 Å². The van der Waals surface area contributed by atoms with Gasteiger partial charge in [-0.05, 0) is 48.8 Å². The van der Waals surface area contributed by atoms with Gasteiger partial charge >= 0.3 is 5.97 Å². The second-order valence-electron chi connectivity index (χ2n) is 5.36. The van der Waals surface area contributed by atoms with Gasteiger partial charge in [-0.2, -0.15) is 0 Å². The number of carbonyl (C=O) groups excluding carboxylic acids is 1. The van der Waals surface area contributed by atoms with E-state index in [4.69, 9.17) is 4.74 Å². The van der Waals surface area contributed by atoms with Gasteiger partial charge < -0.3 is 9.72 Å². The third-order valence-corrected chi connectivity index (χ3v) is 3.85. The molecular weight excluding hydrogens is 252 g/mol. The number of H-pyrrole nitrogens is 1. The first-order valence-electron chi connectivity index (χ1n) is 6.99. The summed E-state index contributed by atoms with van der Waals surface area (Å²) in [6.45, 7) is 1.45. The van der Waals surface area contributed by atoms with Crippen LogP contribution >= 0.6 is 0 Å². The standard InChI is InChI=1S/C16H18N2O2/c1-11(19)20-16-4-2-3-13-7-12(5-6-15(13)16)8-14-9-17-10-18-14/h2-4,9-10,12H,5-8H2,1H3,(H,17,18). The highest BCUT2D eigenvalue weighted by Gasteiger charge is 2.22. The fourth-order valence-corrected chi connectivity index (χ4v) is 2.97. The van der Waals surface area contributed by atoms with Gasteiger partial charge in [-0.15, -0.1) is 0 Å². The molecule has 0 fully saturated rings. The van der Waals surface area contributed by atoms with Gasteiger partial charge in [0.2, 0.25) is 0 Å². The van der Waals surface area contributed by atoms with E-state index < -0.39 is 0 Å². The molecule has 1 aliphatic rings. The molecule has 0 saturated carbocycles. The normalized spacial score (nSPS) is 17.6. The highest BCUT2D eigenvalue weighted by atomic mass is 16.5. The number of nitrogens with zero attached hydrogens (tertiary/aromatic N) is 1. The average molecular weight is 270 g/mol. The summed E-state index contributed by atoms with van der Waals surface area (Å²) in [6.07, 6.45) is 7.79. The zero-order valence-electron chi connectivity index (χ0n) is 11.6. The summed E-state index contributed by atoms with van der Waals surface area (Å²) in [4.78, 5) is 18.4. The predicted octanol–water partition coefficient (Wildman–Crippen LogP) is 2.68. The van der Waals surface area contributed by atoms with Gasteiger partial charge in [0, 0.05) is 13.1 Å². The largest absolute Gasteiger partial charge is 0.426 e. The van der Waals surface area contributed by atoms with Crippen molar-refractivity contribution in [1.29, 1.82) is 0 Å². The van der Waals surface area contributed by atoms with E-state index in [0.29, 0.717) is 5.92 Å². The zero-order valence-corrected chi connectivity index (χ0v) is 11.6. The molecule has 1 unspecified atom stereocenters. The van der Waals surface area contributed by atoms with Crippen LogP contribution in [0, 0.1) is 5.92 Å². The molecule has 1 aromatic heterocycles. The fourth-order valence-electron chi connectivity index (χ4n) is 2.97. The number of aromatic amines is 1. The molecule has 0 amide bonds. The zero-order chi connectivity index (χ0) is 13.9. The van der Waals surface area contributed by atoms with E-state index >= 15 is 0 Å². The highest BCUT2D eigenvalue weighted by molar-refractivity contribution is 5.70. The Hall–Kier alpha value is -2.10. The Labute approximate surface area is 118 Å². The number of hydrogen-bond donors (Lipinski definition) is 1. The second kappa shape index (κ2) is 5.49. The van der Waals surface area contributed by atoms with Crippen molar-refractivity contribution in [1.82, 2.24) is 9.97 Å². The topological polar surface area (TPSA) is 55.0 Å². The van der Waals surface area contributed by atoms with Crippen molar-refractivity contribution in [3.8, 4) is 5.75 Å². The molecule has 0 aliphatic heterocycles. The van der Waals surface area contributed by atoms with Gasteiger partial charge in [-0.1, -0.05) is 12.1 Å². The van der Waals surface area contributed by atoms with Crippen LogP contribution in [0.15, 0.2) is 30.7 Å². The quantitative estimate of drug-likeness (QED) is 0.689. The molecule has 20 heavy (non-hydrogen) atoms. The van der Waals surface area contributed by atoms with Gasteiger partial charge in [0.1, 0.15) is 5.75 Å². The van der Waals surface area contributed by atoms with Gasteiger partial charge in [0.15, 0.2) is 0 Å². The van der Waals surface area contributed by atoms with E-state index in [1.807, 2.05) is 18.3 Å². The molecule has 4 nitrogen and oxygen atoms in total. The lowest BCUT2D eigenvalue weighted by atomic mass is 9.81. The molecule has 3 rings (SSSR count). The first-order valence-corrected chi connectivity index (χ1v) is 6.99. The van der Waals surface area contributed by atoms with Crippen LogP contribution in [0.3, 0.4) is 0 Å². The molecule has 0 bridgehead atoms. The summed E-state index contributed by atoms with van der Waals surface area (Å²) in [5.41, 5.74) is 3.62. The van der Waals surface area contributed by atoms with Crippen molar-refractivity contribution in [3.05, 3.63) is 47.5 Å². The number of ether oxygens (including phenoxy) is 1. The molecule has 1 N–H and O–H groups in total. The fraction of sp³-hybridized carbons (Fsp3) is 0.375. The van der Waals surface area contributed by atoms with Crippen LogP contribution in [0.2, 0.25) is 0 Å². The minimum absolute atomic E-state index is 0.253. The third kappa shape index (κ3) is 2.74. The molecule has 4 heteroatoms. The molecule has 1 heterocycles. The number of hydrogen-bond acceptors (Lipinski definition) is 3. The first-order chi connectivity index (χ1) is 9.72. The monoisotopic (exact) mass is 270 g/mol. The highest BCUT2D eigenvalue weighted by Crippen LogP contribution is 2.33. The maximum absolute atomic E-state index is 11.1. The predicted molar refractivity (Wildman–Crippen MR) is 75.6 cm³/mol. The van der Waals surface area contributed by atoms with Crippen molar-refractivity contribution < 1.29 is 9.53 Å². The summed E-state index contributed by atoms with van der Waals surface area (Å²) in [5.74, 6) is 1.09. The smallest absolute Gasteiger partial charge is 0.308 e. The number of benzene rings is 1. The van der Waals surface area contributed by atoms with Crippen molar-refractivity contribution >= 4 is 5.97 Å². The lowest BCUT2D eigenvalue weighted by Gasteiger charge is -2.25. The lowest BCUT2D eigenvalue weighted by Crippen LogP contribution is -2.18. The number of imidazole rings is 1. The Morgan fingerprint density at radius 1 is 1.50 bits per heavy atom. The van der Waals surface area contributed by atoms with Gasteiger partial charge in [0.05, 0.1) is 12.0 Å². The summed E-state index contributed by atoms with van der Waals surface area (Å²) in [5, 5.41) is 0. The number of fused-ring (bicyclic) bond motifs is 1. The Balaban J connectivity index is 1.76. The molecule has 1 aromatic carbocycles. The van der Waals surface area contributed by atoms with E-state index in [1.54, 1.807) is 6.33 Å². The number of rotatable bonds is 3. The van der Waals surface area contributed by atoms with E-state index in [0.717, 1.165) is 37.1 Å². The summed E-state index contributed by atoms with van der Waals surface area (Å²) in [6, 6.07) is 5.99. The van der Waals surface area contributed by atoms with Crippen molar-refractivity contribution in [3.63, 3.8) is 0 Å². The number of aromatic nitrogens is 2. The minimum Gasteiger partial charge on any atom is -0.426 e. The van der Waals surface area contributed by atoms with Crippen LogP contribution < -0.4 is 4.74 Å². The Kier molecular flexibility index (Phi) is 3.54. The Morgan fingerprint density at radius 3 is 3.15 bits per heavy atom. The molecule has 2 aromatic rings. The van der Waals surface area contributed by atoms with Crippen LogP contribution in [-0.2, 0) is 24.1 Å². The average Bonchev–Trinajstić information content (AvgIpc) is 2.91. The van der Waals surface area contributed by atoms with E-state index in [1.165, 1.54) is 18.1 Å². The van der Waals surface area contributed by atoms with Crippen LogP contribution in [0.25, 0.3) is 0 Å². The number of nitrogens with one attached hydrogen (secondary N) is 1. The Bertz CT molecular complexity index is 605. The summed E-state index contributed by atoms with van der Waals surface area (Å²) >= 11 is 0. The number of esters is 1. The molecule has 0 radical (unpaired) electrons. The molecule has 104 valence electrons. The maximum atomic E-state index is 11.1. The maximum Gasteiger partial charge on any atom is 0.308 e. The lowest BCUT2D eigenvalue weighted by molar-refractivity contribution is -0.131. The number of carbonyl (C=O) groups is 1. The van der Waals surface area contributed by atoms with Crippen LogP contribution in [-0.4, -0.2) is 15.9 Å². The molecule has 1 atom stereocenters. The molecular formula is C16H18N2O2. The SMILES string of the molecule is CC(=O)Oc1cccc2c1CCC(Cc1c[nH]cn1)C2. The van der Waals surface area contributed by atoms with Gasteiger partial charge in [-0.25, -0.2) is 4.98 Å². The molecule has 1 aliphatic carbocycles. The van der Waals surface area contributed by atoms with Gasteiger partial charge in [-0.3, -0.25) is 4.79 Å². The van der Waals surface area contributed by atoms with Crippen LogP contribution in [0.1, 0.15) is 30.2 Å². The second-order valence-corrected chi connectivity index (χ2v) is 5.36. The Morgan fingerprint density at radius 2 is 2.40 bits per heavy atom. The van der Waals surface area contributed by atoms with Crippen molar-refractivity contribution in [2.45, 2.75) is 32.6 Å². The summed E-state index contributed by atoms with van der Waals surface area (Å²) < 4.78 is 5.30. The van der Waals surface area contributed by atoms with Crippen molar-refractivity contribution in [2.75, 3.05) is 0 Å². The molecule has 0 spiro atoms. The van der Waals surface area contributed by atoms with Gasteiger partial charge in [0.25, 0.3) is 0 Å². The van der Waals surface area contributed by atoms with Crippen molar-refractivity contribution in [2.24, 2.45) is 5.92 Å². The van der Waals surface area contributed by atoms with Crippen LogP contribution in [0.5, 0.6) is 5.75 Å². The molecule has 0 saturated heterocycles. The minimum atomic E-state index is -0.253. The van der Waals surface area contributed by atoms with E-state index in [9.17, 15) is 4.79 Å².